The van der Waals surface area contributed by atoms with Gasteiger partial charge < -0.3 is 10.2 Å². The van der Waals surface area contributed by atoms with Crippen LogP contribution in [0.4, 0.5) is 0 Å². The smallest absolute Gasteiger partial charge is 0.223 e. The Kier molecular flexibility index (Phi) is 6.10. The van der Waals surface area contributed by atoms with E-state index < -0.39 is 0 Å². The normalized spacial score (nSPS) is 21.9. The summed E-state index contributed by atoms with van der Waals surface area (Å²) >= 11 is 0. The molecule has 2 fully saturated rings. The monoisotopic (exact) mass is 322 g/mol. The minimum absolute atomic E-state index is 0.198. The van der Waals surface area contributed by atoms with Gasteiger partial charge in [-0.15, -0.1) is 0 Å². The Bertz CT molecular complexity index is 372. The van der Waals surface area contributed by atoms with E-state index in [4.69, 9.17) is 0 Å². The van der Waals surface area contributed by atoms with Gasteiger partial charge in [-0.25, -0.2) is 0 Å². The van der Waals surface area contributed by atoms with E-state index in [2.05, 4.69) is 24.1 Å². The first-order valence-electron chi connectivity index (χ1n) is 9.39. The van der Waals surface area contributed by atoms with Crippen LogP contribution in [-0.2, 0) is 9.59 Å². The first kappa shape index (κ1) is 18.3. The van der Waals surface area contributed by atoms with Crippen LogP contribution in [0.2, 0.25) is 0 Å². The van der Waals surface area contributed by atoms with Gasteiger partial charge in [-0.1, -0.05) is 13.8 Å². The Labute approximate surface area is 141 Å². The summed E-state index contributed by atoms with van der Waals surface area (Å²) < 4.78 is 0. The van der Waals surface area contributed by atoms with Crippen LogP contribution in [0, 0.1) is 17.3 Å². The average Bonchev–Trinajstić information content (AvgIpc) is 2.47. The lowest BCUT2D eigenvalue weighted by Gasteiger charge is -2.46. The molecule has 1 saturated carbocycles. The van der Waals surface area contributed by atoms with Gasteiger partial charge in [-0.3, -0.25) is 9.59 Å². The standard InChI is InChI=1S/C19H34N2O2/c1-14(2)13-17(22)21-11-9-19(10-12-21)7-5-16(6-8-19)18(23)20-15(3)4/h14-16H,5-13H2,1-4H3,(H,20,23). The molecule has 2 aliphatic rings. The summed E-state index contributed by atoms with van der Waals surface area (Å²) in [7, 11) is 0. The van der Waals surface area contributed by atoms with Crippen LogP contribution in [0.3, 0.4) is 0 Å². The van der Waals surface area contributed by atoms with Crippen molar-refractivity contribution in [2.24, 2.45) is 17.3 Å². The molecule has 1 N–H and O–H groups in total. The molecule has 1 saturated heterocycles. The minimum Gasteiger partial charge on any atom is -0.354 e. The van der Waals surface area contributed by atoms with Crippen LogP contribution in [0.1, 0.15) is 72.6 Å². The molecule has 2 amide bonds. The van der Waals surface area contributed by atoms with Crippen LogP contribution in [0.25, 0.3) is 0 Å². The van der Waals surface area contributed by atoms with Crippen LogP contribution < -0.4 is 5.32 Å². The van der Waals surface area contributed by atoms with Crippen molar-refractivity contribution >= 4 is 11.8 Å². The van der Waals surface area contributed by atoms with Crippen LogP contribution in [-0.4, -0.2) is 35.8 Å². The summed E-state index contributed by atoms with van der Waals surface area (Å²) in [6, 6.07) is 0.230. The number of hydrogen-bond acceptors (Lipinski definition) is 2. The Morgan fingerprint density at radius 3 is 2.09 bits per heavy atom. The third-order valence-corrected chi connectivity index (χ3v) is 5.61. The molecule has 1 heterocycles. The zero-order valence-corrected chi connectivity index (χ0v) is 15.4. The summed E-state index contributed by atoms with van der Waals surface area (Å²) in [5.41, 5.74) is 0.392. The van der Waals surface area contributed by atoms with Crippen LogP contribution >= 0.6 is 0 Å². The Morgan fingerprint density at radius 1 is 1.04 bits per heavy atom. The fourth-order valence-corrected chi connectivity index (χ4v) is 4.10. The lowest BCUT2D eigenvalue weighted by atomic mass is 9.65. The molecule has 0 atom stereocenters. The Balaban J connectivity index is 1.79. The Hall–Kier alpha value is -1.06. The van der Waals surface area contributed by atoms with Crippen molar-refractivity contribution < 1.29 is 9.59 Å². The Morgan fingerprint density at radius 2 is 1.61 bits per heavy atom. The second kappa shape index (κ2) is 7.67. The molecule has 1 aliphatic heterocycles. The number of amides is 2. The highest BCUT2D eigenvalue weighted by Gasteiger charge is 2.40. The summed E-state index contributed by atoms with van der Waals surface area (Å²) in [5, 5.41) is 3.05. The maximum Gasteiger partial charge on any atom is 0.223 e. The van der Waals surface area contributed by atoms with E-state index in [1.54, 1.807) is 0 Å². The lowest BCUT2D eigenvalue weighted by Crippen LogP contribution is -2.46. The molecule has 0 aromatic rings. The van der Waals surface area contributed by atoms with E-state index >= 15 is 0 Å². The molecule has 0 aromatic carbocycles. The lowest BCUT2D eigenvalue weighted by molar-refractivity contribution is -0.135. The fourth-order valence-electron chi connectivity index (χ4n) is 4.10. The van der Waals surface area contributed by atoms with Crippen LogP contribution in [0.15, 0.2) is 0 Å². The number of nitrogens with one attached hydrogen (secondary N) is 1. The third kappa shape index (κ3) is 4.95. The fraction of sp³-hybridized carbons (Fsp3) is 0.895. The second-order valence-corrected chi connectivity index (χ2v) is 8.42. The molecule has 23 heavy (non-hydrogen) atoms. The average molecular weight is 322 g/mol. The predicted octanol–water partition coefficient (Wildman–Crippen LogP) is 3.36. The third-order valence-electron chi connectivity index (χ3n) is 5.61. The molecule has 0 unspecified atom stereocenters. The SMILES string of the molecule is CC(C)CC(=O)N1CCC2(CCC(C(=O)NC(C)C)CC2)CC1. The van der Waals surface area contributed by atoms with Crippen molar-refractivity contribution in [3.05, 3.63) is 0 Å². The predicted molar refractivity (Wildman–Crippen MR) is 92.9 cm³/mol. The van der Waals surface area contributed by atoms with E-state index in [-0.39, 0.29) is 17.9 Å². The molecule has 4 heteroatoms. The topological polar surface area (TPSA) is 49.4 Å². The van der Waals surface area contributed by atoms with Gasteiger partial charge >= 0.3 is 0 Å². The number of piperidine rings is 1. The first-order valence-corrected chi connectivity index (χ1v) is 9.39. The first-order chi connectivity index (χ1) is 10.8. The summed E-state index contributed by atoms with van der Waals surface area (Å²) in [6.07, 6.45) is 7.23. The highest BCUT2D eigenvalue weighted by atomic mass is 16.2. The van der Waals surface area contributed by atoms with Gasteiger partial charge in [-0.2, -0.15) is 0 Å². The molecular weight excluding hydrogens is 288 g/mol. The maximum atomic E-state index is 12.2. The van der Waals surface area contributed by atoms with E-state index in [1.165, 1.54) is 0 Å². The number of carbonyl (C=O) groups excluding carboxylic acids is 2. The number of likely N-dealkylation sites (tertiary alicyclic amines) is 1. The molecule has 2 rings (SSSR count). The highest BCUT2D eigenvalue weighted by Crippen LogP contribution is 2.46. The zero-order valence-electron chi connectivity index (χ0n) is 15.4. The van der Waals surface area contributed by atoms with Crippen molar-refractivity contribution in [1.29, 1.82) is 0 Å². The molecule has 0 aromatic heterocycles. The molecule has 132 valence electrons. The van der Waals surface area contributed by atoms with Crippen molar-refractivity contribution in [3.8, 4) is 0 Å². The van der Waals surface area contributed by atoms with Gasteiger partial charge in [0.05, 0.1) is 0 Å². The summed E-state index contributed by atoms with van der Waals surface area (Å²) in [4.78, 5) is 26.4. The quantitative estimate of drug-likeness (QED) is 0.863. The zero-order chi connectivity index (χ0) is 17.0. The van der Waals surface area contributed by atoms with Gasteiger partial charge in [0.15, 0.2) is 0 Å². The van der Waals surface area contributed by atoms with Crippen LogP contribution in [0.5, 0.6) is 0 Å². The molecule has 0 radical (unpaired) electrons. The van der Waals surface area contributed by atoms with Gasteiger partial charge in [-0.05, 0) is 63.7 Å². The summed E-state index contributed by atoms with van der Waals surface area (Å²) in [6.45, 7) is 10.1. The number of nitrogens with zero attached hydrogens (tertiary/aromatic N) is 1. The van der Waals surface area contributed by atoms with Gasteiger partial charge in [0, 0.05) is 31.5 Å². The van der Waals surface area contributed by atoms with Gasteiger partial charge in [0.2, 0.25) is 11.8 Å². The van der Waals surface area contributed by atoms with Crippen molar-refractivity contribution in [1.82, 2.24) is 10.2 Å². The molecular formula is C19H34N2O2. The van der Waals surface area contributed by atoms with E-state index in [0.717, 1.165) is 51.6 Å². The minimum atomic E-state index is 0.198. The number of rotatable bonds is 4. The van der Waals surface area contributed by atoms with Gasteiger partial charge in [0.25, 0.3) is 0 Å². The van der Waals surface area contributed by atoms with Crippen molar-refractivity contribution in [3.63, 3.8) is 0 Å². The van der Waals surface area contributed by atoms with Crippen molar-refractivity contribution in [2.75, 3.05) is 13.1 Å². The molecule has 4 nitrogen and oxygen atoms in total. The summed E-state index contributed by atoms with van der Waals surface area (Å²) in [5.74, 6) is 1.19. The number of carbonyl (C=O) groups is 2. The molecule has 1 aliphatic carbocycles. The highest BCUT2D eigenvalue weighted by molar-refractivity contribution is 5.79. The van der Waals surface area contributed by atoms with Gasteiger partial charge in [0.1, 0.15) is 0 Å². The van der Waals surface area contributed by atoms with E-state index in [9.17, 15) is 9.59 Å². The second-order valence-electron chi connectivity index (χ2n) is 8.42. The largest absolute Gasteiger partial charge is 0.354 e. The van der Waals surface area contributed by atoms with E-state index in [0.29, 0.717) is 23.7 Å². The van der Waals surface area contributed by atoms with E-state index in [1.807, 2.05) is 13.8 Å². The number of hydrogen-bond donors (Lipinski definition) is 1. The van der Waals surface area contributed by atoms with Crippen molar-refractivity contribution in [2.45, 2.75) is 78.7 Å². The molecule has 0 bridgehead atoms. The maximum absolute atomic E-state index is 12.2. The molecule has 1 spiro atoms.